The van der Waals surface area contributed by atoms with Gasteiger partial charge in [0.2, 0.25) is 0 Å². The first-order valence-corrected chi connectivity index (χ1v) is 7.73. The lowest BCUT2D eigenvalue weighted by Crippen LogP contribution is -2.35. The summed E-state index contributed by atoms with van der Waals surface area (Å²) >= 11 is 0. The first-order chi connectivity index (χ1) is 9.13. The smallest absolute Gasteiger partial charge is 0.0416 e. The highest BCUT2D eigenvalue weighted by Gasteiger charge is 2.30. The fourth-order valence-electron chi connectivity index (χ4n) is 3.13. The van der Waals surface area contributed by atoms with Crippen molar-refractivity contribution in [1.82, 2.24) is 5.32 Å². The van der Waals surface area contributed by atoms with Gasteiger partial charge in [-0.15, -0.1) is 0 Å². The van der Waals surface area contributed by atoms with Crippen molar-refractivity contribution in [2.75, 3.05) is 4.90 Å². The summed E-state index contributed by atoms with van der Waals surface area (Å²) in [5.74, 6) is 0. The average molecular weight is 260 g/mol. The van der Waals surface area contributed by atoms with Crippen LogP contribution in [0.5, 0.6) is 0 Å². The second kappa shape index (κ2) is 6.42. The molecule has 106 valence electrons. The highest BCUT2D eigenvalue weighted by atomic mass is 15.2. The third kappa shape index (κ3) is 3.30. The zero-order chi connectivity index (χ0) is 13.8. The van der Waals surface area contributed by atoms with Crippen LogP contribution in [0.4, 0.5) is 5.69 Å². The lowest BCUT2D eigenvalue weighted by atomic mass is 10.1. The highest BCUT2D eigenvalue weighted by Crippen LogP contribution is 2.34. The Morgan fingerprint density at radius 1 is 1.26 bits per heavy atom. The SMILES string of the molecule is CCC1CCC(C)N1c1ccccc1CNC(C)C. The molecule has 2 atom stereocenters. The second-order valence-electron chi connectivity index (χ2n) is 6.06. The van der Waals surface area contributed by atoms with E-state index in [1.165, 1.54) is 30.5 Å². The van der Waals surface area contributed by atoms with Crippen LogP contribution in [0, 0.1) is 0 Å². The number of para-hydroxylation sites is 1. The highest BCUT2D eigenvalue weighted by molar-refractivity contribution is 5.56. The molecule has 1 heterocycles. The van der Waals surface area contributed by atoms with E-state index in [1.54, 1.807) is 0 Å². The minimum Gasteiger partial charge on any atom is -0.366 e. The minimum atomic E-state index is 0.533. The Bertz CT molecular complexity index is 400. The van der Waals surface area contributed by atoms with Gasteiger partial charge in [-0.2, -0.15) is 0 Å². The zero-order valence-electron chi connectivity index (χ0n) is 12.8. The molecule has 0 aromatic heterocycles. The number of hydrogen-bond donors (Lipinski definition) is 1. The Balaban J connectivity index is 2.22. The van der Waals surface area contributed by atoms with Crippen molar-refractivity contribution in [2.45, 2.75) is 71.6 Å². The minimum absolute atomic E-state index is 0.533. The maximum Gasteiger partial charge on any atom is 0.0416 e. The van der Waals surface area contributed by atoms with E-state index >= 15 is 0 Å². The summed E-state index contributed by atoms with van der Waals surface area (Å²) < 4.78 is 0. The Hall–Kier alpha value is -1.02. The van der Waals surface area contributed by atoms with Gasteiger partial charge in [-0.1, -0.05) is 39.0 Å². The van der Waals surface area contributed by atoms with Crippen LogP contribution in [0.2, 0.25) is 0 Å². The summed E-state index contributed by atoms with van der Waals surface area (Å²) in [7, 11) is 0. The summed E-state index contributed by atoms with van der Waals surface area (Å²) in [6.45, 7) is 10.0. The molecule has 1 N–H and O–H groups in total. The number of nitrogens with zero attached hydrogens (tertiary/aromatic N) is 1. The van der Waals surface area contributed by atoms with Gasteiger partial charge >= 0.3 is 0 Å². The van der Waals surface area contributed by atoms with Gasteiger partial charge in [-0.05, 0) is 37.8 Å². The van der Waals surface area contributed by atoms with Gasteiger partial charge in [-0.3, -0.25) is 0 Å². The zero-order valence-corrected chi connectivity index (χ0v) is 12.8. The molecule has 1 aliphatic rings. The molecule has 2 unspecified atom stereocenters. The number of nitrogens with one attached hydrogen (secondary N) is 1. The van der Waals surface area contributed by atoms with E-state index in [-0.39, 0.29) is 0 Å². The van der Waals surface area contributed by atoms with Gasteiger partial charge < -0.3 is 10.2 Å². The molecule has 0 aliphatic carbocycles. The number of anilines is 1. The molecular formula is C17H28N2. The van der Waals surface area contributed by atoms with Crippen LogP contribution in [-0.2, 0) is 6.54 Å². The van der Waals surface area contributed by atoms with Crippen molar-refractivity contribution < 1.29 is 0 Å². The van der Waals surface area contributed by atoms with Crippen LogP contribution in [0.3, 0.4) is 0 Å². The quantitative estimate of drug-likeness (QED) is 0.862. The fourth-order valence-corrected chi connectivity index (χ4v) is 3.13. The molecule has 1 saturated heterocycles. The van der Waals surface area contributed by atoms with Crippen LogP contribution in [0.25, 0.3) is 0 Å². The number of hydrogen-bond acceptors (Lipinski definition) is 2. The Morgan fingerprint density at radius 2 is 2.00 bits per heavy atom. The molecule has 0 spiro atoms. The van der Waals surface area contributed by atoms with Gasteiger partial charge in [0, 0.05) is 30.4 Å². The van der Waals surface area contributed by atoms with Crippen molar-refractivity contribution in [3.8, 4) is 0 Å². The third-order valence-electron chi connectivity index (χ3n) is 4.23. The van der Waals surface area contributed by atoms with Crippen molar-refractivity contribution in [1.29, 1.82) is 0 Å². The Morgan fingerprint density at radius 3 is 2.68 bits per heavy atom. The second-order valence-corrected chi connectivity index (χ2v) is 6.06. The predicted molar refractivity (Wildman–Crippen MR) is 83.7 cm³/mol. The van der Waals surface area contributed by atoms with Crippen molar-refractivity contribution in [3.63, 3.8) is 0 Å². The molecule has 1 fully saturated rings. The van der Waals surface area contributed by atoms with Crippen LogP contribution in [0.15, 0.2) is 24.3 Å². The van der Waals surface area contributed by atoms with E-state index in [9.17, 15) is 0 Å². The molecule has 2 rings (SSSR count). The van der Waals surface area contributed by atoms with E-state index in [0.29, 0.717) is 12.1 Å². The van der Waals surface area contributed by atoms with Gasteiger partial charge in [0.1, 0.15) is 0 Å². The normalized spacial score (nSPS) is 23.3. The van der Waals surface area contributed by atoms with E-state index in [4.69, 9.17) is 0 Å². The van der Waals surface area contributed by atoms with Gasteiger partial charge in [0.05, 0.1) is 0 Å². The fraction of sp³-hybridized carbons (Fsp3) is 0.647. The standard InChI is InChI=1S/C17H28N2/c1-5-16-11-10-14(4)19(16)17-9-7-6-8-15(17)12-18-13(2)3/h6-9,13-14,16,18H,5,10-12H2,1-4H3. The first kappa shape index (κ1) is 14.4. The van der Waals surface area contributed by atoms with Crippen molar-refractivity contribution in [3.05, 3.63) is 29.8 Å². The summed E-state index contributed by atoms with van der Waals surface area (Å²) in [6, 6.07) is 10.8. The molecule has 0 bridgehead atoms. The van der Waals surface area contributed by atoms with E-state index in [2.05, 4.69) is 62.2 Å². The Labute approximate surface area is 118 Å². The predicted octanol–water partition coefficient (Wildman–Crippen LogP) is 3.95. The molecule has 0 saturated carbocycles. The van der Waals surface area contributed by atoms with E-state index in [0.717, 1.165) is 12.6 Å². The summed E-state index contributed by atoms with van der Waals surface area (Å²) in [4.78, 5) is 2.65. The van der Waals surface area contributed by atoms with Crippen LogP contribution in [-0.4, -0.2) is 18.1 Å². The lowest BCUT2D eigenvalue weighted by molar-refractivity contribution is 0.581. The summed E-state index contributed by atoms with van der Waals surface area (Å²) in [5.41, 5.74) is 2.87. The van der Waals surface area contributed by atoms with E-state index in [1.807, 2.05) is 0 Å². The molecule has 2 heteroatoms. The number of rotatable bonds is 5. The molecule has 19 heavy (non-hydrogen) atoms. The third-order valence-corrected chi connectivity index (χ3v) is 4.23. The summed E-state index contributed by atoms with van der Waals surface area (Å²) in [5, 5.41) is 3.55. The van der Waals surface area contributed by atoms with Gasteiger partial charge in [-0.25, -0.2) is 0 Å². The lowest BCUT2D eigenvalue weighted by Gasteiger charge is -2.32. The largest absolute Gasteiger partial charge is 0.366 e. The van der Waals surface area contributed by atoms with Gasteiger partial charge in [0.25, 0.3) is 0 Å². The molecule has 2 nitrogen and oxygen atoms in total. The molecule has 0 amide bonds. The first-order valence-electron chi connectivity index (χ1n) is 7.73. The number of benzene rings is 1. The van der Waals surface area contributed by atoms with Crippen molar-refractivity contribution >= 4 is 5.69 Å². The van der Waals surface area contributed by atoms with Crippen molar-refractivity contribution in [2.24, 2.45) is 0 Å². The monoisotopic (exact) mass is 260 g/mol. The Kier molecular flexibility index (Phi) is 4.87. The molecule has 1 aromatic carbocycles. The molecule has 1 aromatic rings. The topological polar surface area (TPSA) is 15.3 Å². The van der Waals surface area contributed by atoms with Crippen LogP contribution >= 0.6 is 0 Å². The van der Waals surface area contributed by atoms with Crippen LogP contribution in [0.1, 0.15) is 52.5 Å². The molecule has 1 aliphatic heterocycles. The van der Waals surface area contributed by atoms with E-state index < -0.39 is 0 Å². The maximum atomic E-state index is 3.55. The maximum absolute atomic E-state index is 3.55. The molecule has 0 radical (unpaired) electrons. The average Bonchev–Trinajstić information content (AvgIpc) is 2.77. The van der Waals surface area contributed by atoms with Gasteiger partial charge in [0.15, 0.2) is 0 Å². The summed E-state index contributed by atoms with van der Waals surface area (Å²) in [6.07, 6.45) is 3.91. The van der Waals surface area contributed by atoms with Crippen LogP contribution < -0.4 is 10.2 Å². The molecular weight excluding hydrogens is 232 g/mol.